The van der Waals surface area contributed by atoms with Gasteiger partial charge in [0.25, 0.3) is 5.91 Å². The van der Waals surface area contributed by atoms with Crippen LogP contribution in [0.1, 0.15) is 12.0 Å². The first-order valence-electron chi connectivity index (χ1n) is 8.03. The Morgan fingerprint density at radius 2 is 2.12 bits per heavy atom. The number of rotatable bonds is 5. The van der Waals surface area contributed by atoms with E-state index < -0.39 is 0 Å². The van der Waals surface area contributed by atoms with E-state index >= 15 is 0 Å². The molecule has 0 saturated heterocycles. The van der Waals surface area contributed by atoms with Crippen LogP contribution in [0.4, 0.5) is 11.4 Å². The van der Waals surface area contributed by atoms with Crippen molar-refractivity contribution in [3.05, 3.63) is 48.0 Å². The predicted molar refractivity (Wildman–Crippen MR) is 95.3 cm³/mol. The summed E-state index contributed by atoms with van der Waals surface area (Å²) in [5.74, 6) is 1.21. The summed E-state index contributed by atoms with van der Waals surface area (Å²) in [4.78, 5) is 25.4. The fraction of sp³-hybridized carbons (Fsp3) is 0.263. The van der Waals surface area contributed by atoms with Gasteiger partial charge in [0, 0.05) is 19.2 Å². The molecule has 0 aliphatic carbocycles. The molecular formula is C19H20N2O4. The summed E-state index contributed by atoms with van der Waals surface area (Å²) in [6.45, 7) is 0.0374. The van der Waals surface area contributed by atoms with Crippen molar-refractivity contribution < 1.29 is 19.1 Å². The van der Waals surface area contributed by atoms with Gasteiger partial charge in [-0.15, -0.1) is 0 Å². The number of fused-ring (bicyclic) bond motifs is 1. The number of hydrogen-bond donors (Lipinski definition) is 1. The van der Waals surface area contributed by atoms with E-state index in [4.69, 9.17) is 9.47 Å². The lowest BCUT2D eigenvalue weighted by Gasteiger charge is -2.26. The molecule has 6 heteroatoms. The second kappa shape index (κ2) is 7.25. The van der Waals surface area contributed by atoms with Crippen LogP contribution in [0, 0.1) is 0 Å². The molecular weight excluding hydrogens is 320 g/mol. The molecule has 0 fully saturated rings. The van der Waals surface area contributed by atoms with E-state index in [0.29, 0.717) is 30.0 Å². The van der Waals surface area contributed by atoms with Crippen LogP contribution in [0.15, 0.2) is 42.5 Å². The molecule has 3 rings (SSSR count). The minimum absolute atomic E-state index is 0.0374. The first-order valence-corrected chi connectivity index (χ1v) is 8.03. The van der Waals surface area contributed by atoms with Gasteiger partial charge in [-0.25, -0.2) is 0 Å². The number of carbonyl (C=O) groups excluding carboxylic acids is 2. The number of carbonyl (C=O) groups is 2. The van der Waals surface area contributed by atoms with E-state index in [9.17, 15) is 9.59 Å². The van der Waals surface area contributed by atoms with Gasteiger partial charge < -0.3 is 19.7 Å². The highest BCUT2D eigenvalue weighted by Gasteiger charge is 2.22. The number of likely N-dealkylation sites (N-methyl/N-ethyl adjacent to an activating group) is 1. The third kappa shape index (κ3) is 3.91. The lowest BCUT2D eigenvalue weighted by atomic mass is 10.1. The Balaban J connectivity index is 1.62. The van der Waals surface area contributed by atoms with Gasteiger partial charge in [0.15, 0.2) is 6.61 Å². The summed E-state index contributed by atoms with van der Waals surface area (Å²) in [5.41, 5.74) is 2.33. The van der Waals surface area contributed by atoms with Crippen molar-refractivity contribution >= 4 is 23.2 Å². The SMILES string of the molecule is COc1cccc(CCC(=O)Nc2ccc3c(c2)N(C)C(=O)CO3)c1. The predicted octanol–water partition coefficient (Wildman–Crippen LogP) is 2.62. The molecule has 0 spiro atoms. The molecule has 2 amide bonds. The Labute approximate surface area is 146 Å². The normalized spacial score (nSPS) is 13.0. The van der Waals surface area contributed by atoms with E-state index in [0.717, 1.165) is 11.3 Å². The van der Waals surface area contributed by atoms with Crippen molar-refractivity contribution in [3.63, 3.8) is 0 Å². The molecule has 1 aliphatic rings. The maximum Gasteiger partial charge on any atom is 0.264 e. The minimum Gasteiger partial charge on any atom is -0.497 e. The van der Waals surface area contributed by atoms with Crippen LogP contribution in [0.2, 0.25) is 0 Å². The molecule has 0 radical (unpaired) electrons. The van der Waals surface area contributed by atoms with Crippen molar-refractivity contribution in [1.29, 1.82) is 0 Å². The summed E-state index contributed by atoms with van der Waals surface area (Å²) in [7, 11) is 3.31. The second-order valence-electron chi connectivity index (χ2n) is 5.82. The third-order valence-electron chi connectivity index (χ3n) is 4.10. The average Bonchev–Trinajstić information content (AvgIpc) is 2.63. The zero-order valence-corrected chi connectivity index (χ0v) is 14.2. The van der Waals surface area contributed by atoms with E-state index in [1.807, 2.05) is 24.3 Å². The van der Waals surface area contributed by atoms with Crippen molar-refractivity contribution in [2.45, 2.75) is 12.8 Å². The largest absolute Gasteiger partial charge is 0.497 e. The molecule has 0 aromatic heterocycles. The number of aryl methyl sites for hydroxylation is 1. The van der Waals surface area contributed by atoms with Gasteiger partial charge in [-0.2, -0.15) is 0 Å². The van der Waals surface area contributed by atoms with Gasteiger partial charge in [-0.1, -0.05) is 12.1 Å². The average molecular weight is 340 g/mol. The van der Waals surface area contributed by atoms with Crippen LogP contribution in [0.5, 0.6) is 11.5 Å². The molecule has 1 aliphatic heterocycles. The zero-order chi connectivity index (χ0) is 17.8. The highest BCUT2D eigenvalue weighted by molar-refractivity contribution is 5.99. The number of hydrogen-bond acceptors (Lipinski definition) is 4. The van der Waals surface area contributed by atoms with Crippen LogP contribution in [-0.4, -0.2) is 32.6 Å². The molecule has 0 unspecified atom stereocenters. The number of amides is 2. The van der Waals surface area contributed by atoms with Gasteiger partial charge >= 0.3 is 0 Å². The van der Waals surface area contributed by atoms with Crippen molar-refractivity contribution in [3.8, 4) is 11.5 Å². The number of nitrogens with zero attached hydrogens (tertiary/aromatic N) is 1. The molecule has 2 aromatic rings. The Morgan fingerprint density at radius 1 is 1.28 bits per heavy atom. The highest BCUT2D eigenvalue weighted by atomic mass is 16.5. The maximum atomic E-state index is 12.2. The third-order valence-corrected chi connectivity index (χ3v) is 4.10. The van der Waals surface area contributed by atoms with Gasteiger partial charge in [0.1, 0.15) is 11.5 Å². The van der Waals surface area contributed by atoms with Crippen LogP contribution in [0.25, 0.3) is 0 Å². The maximum absolute atomic E-state index is 12.2. The van der Waals surface area contributed by atoms with Crippen molar-refractivity contribution in [1.82, 2.24) is 0 Å². The van der Waals surface area contributed by atoms with Crippen LogP contribution >= 0.6 is 0 Å². The molecule has 1 N–H and O–H groups in total. The summed E-state index contributed by atoms with van der Waals surface area (Å²) >= 11 is 0. The van der Waals surface area contributed by atoms with Crippen molar-refractivity contribution in [2.75, 3.05) is 31.0 Å². The first kappa shape index (κ1) is 16.8. The monoisotopic (exact) mass is 340 g/mol. The lowest BCUT2D eigenvalue weighted by molar-refractivity contribution is -0.121. The molecule has 0 bridgehead atoms. The van der Waals surface area contributed by atoms with E-state index in [-0.39, 0.29) is 18.4 Å². The van der Waals surface area contributed by atoms with E-state index in [1.54, 1.807) is 32.4 Å². The molecule has 0 saturated carbocycles. The summed E-state index contributed by atoms with van der Waals surface area (Å²) in [5, 5.41) is 2.86. The Hall–Kier alpha value is -3.02. The van der Waals surface area contributed by atoms with E-state index in [1.165, 1.54) is 4.90 Å². The smallest absolute Gasteiger partial charge is 0.264 e. The molecule has 25 heavy (non-hydrogen) atoms. The van der Waals surface area contributed by atoms with Gasteiger partial charge in [0.05, 0.1) is 12.8 Å². The Bertz CT molecular complexity index is 804. The van der Waals surface area contributed by atoms with E-state index in [2.05, 4.69) is 5.32 Å². The molecule has 6 nitrogen and oxygen atoms in total. The number of anilines is 2. The lowest BCUT2D eigenvalue weighted by Crippen LogP contribution is -2.35. The first-order chi connectivity index (χ1) is 12.1. The van der Waals surface area contributed by atoms with Gasteiger partial charge in [0.2, 0.25) is 5.91 Å². The highest BCUT2D eigenvalue weighted by Crippen LogP contribution is 2.33. The molecule has 2 aromatic carbocycles. The Morgan fingerprint density at radius 3 is 2.92 bits per heavy atom. The Kier molecular flexibility index (Phi) is 4.88. The number of methoxy groups -OCH3 is 1. The van der Waals surface area contributed by atoms with Crippen LogP contribution in [0.3, 0.4) is 0 Å². The standard InChI is InChI=1S/C19H20N2O4/c1-21-16-11-14(7-8-17(16)25-12-19(21)23)20-18(22)9-6-13-4-3-5-15(10-13)24-2/h3-5,7-8,10-11H,6,9,12H2,1-2H3,(H,20,22). The second-order valence-corrected chi connectivity index (χ2v) is 5.82. The number of benzene rings is 2. The van der Waals surface area contributed by atoms with Crippen molar-refractivity contribution in [2.24, 2.45) is 0 Å². The number of nitrogens with one attached hydrogen (secondary N) is 1. The minimum atomic E-state index is -0.117. The van der Waals surface area contributed by atoms with Gasteiger partial charge in [-0.05, 0) is 42.3 Å². The molecule has 130 valence electrons. The summed E-state index contributed by atoms with van der Waals surface area (Å²) < 4.78 is 10.6. The summed E-state index contributed by atoms with van der Waals surface area (Å²) in [6.07, 6.45) is 0.977. The van der Waals surface area contributed by atoms with Gasteiger partial charge in [-0.3, -0.25) is 9.59 Å². The fourth-order valence-corrected chi connectivity index (χ4v) is 2.66. The molecule has 1 heterocycles. The molecule has 0 atom stereocenters. The topological polar surface area (TPSA) is 67.9 Å². The fourth-order valence-electron chi connectivity index (χ4n) is 2.66. The van der Waals surface area contributed by atoms with Crippen LogP contribution in [-0.2, 0) is 16.0 Å². The summed E-state index contributed by atoms with van der Waals surface area (Å²) in [6, 6.07) is 12.9. The quantitative estimate of drug-likeness (QED) is 0.908. The van der Waals surface area contributed by atoms with Crippen LogP contribution < -0.4 is 19.7 Å². The number of ether oxygens (including phenoxy) is 2. The zero-order valence-electron chi connectivity index (χ0n) is 14.2.